The minimum atomic E-state index is 0.243. The third-order valence-electron chi connectivity index (χ3n) is 5.31. The molecule has 1 saturated heterocycles. The van der Waals surface area contributed by atoms with E-state index < -0.39 is 0 Å². The number of piperazine rings is 1. The fourth-order valence-corrected chi connectivity index (χ4v) is 4.04. The normalized spacial score (nSPS) is 18.6. The van der Waals surface area contributed by atoms with Crippen LogP contribution in [0.2, 0.25) is 5.02 Å². The second-order valence-corrected chi connectivity index (χ2v) is 7.47. The van der Waals surface area contributed by atoms with E-state index in [-0.39, 0.29) is 5.91 Å². The lowest BCUT2D eigenvalue weighted by Gasteiger charge is -2.38. The van der Waals surface area contributed by atoms with Gasteiger partial charge in [0.15, 0.2) is 0 Å². The number of para-hydroxylation sites is 1. The first-order valence-electron chi connectivity index (χ1n) is 9.32. The number of benzene rings is 2. The lowest BCUT2D eigenvalue weighted by atomic mass is 10.1. The molecule has 5 heteroatoms. The Bertz CT molecular complexity index is 786. The van der Waals surface area contributed by atoms with Gasteiger partial charge in [-0.15, -0.1) is 0 Å². The molecule has 2 aliphatic rings. The van der Waals surface area contributed by atoms with Crippen molar-refractivity contribution in [3.8, 4) is 0 Å². The van der Waals surface area contributed by atoms with Gasteiger partial charge >= 0.3 is 0 Å². The van der Waals surface area contributed by atoms with Crippen LogP contribution in [0.25, 0.3) is 0 Å². The molecule has 0 atom stereocenters. The van der Waals surface area contributed by atoms with Gasteiger partial charge in [-0.3, -0.25) is 14.6 Å². The maximum atomic E-state index is 12.6. The monoisotopic (exact) mass is 369 g/mol. The summed E-state index contributed by atoms with van der Waals surface area (Å²) < 4.78 is 0. The van der Waals surface area contributed by atoms with Crippen molar-refractivity contribution in [3.05, 3.63) is 59.1 Å². The predicted molar refractivity (Wildman–Crippen MR) is 107 cm³/mol. The number of aryl methyl sites for hydroxylation is 1. The average Bonchev–Trinajstić information content (AvgIpc) is 2.82. The Labute approximate surface area is 160 Å². The first kappa shape index (κ1) is 17.4. The number of anilines is 2. The summed E-state index contributed by atoms with van der Waals surface area (Å²) in [6.45, 7) is 4.46. The van der Waals surface area contributed by atoms with Crippen molar-refractivity contribution in [1.82, 2.24) is 4.90 Å². The van der Waals surface area contributed by atoms with E-state index >= 15 is 0 Å². The van der Waals surface area contributed by atoms with E-state index in [1.807, 2.05) is 29.2 Å². The summed E-state index contributed by atoms with van der Waals surface area (Å²) in [6, 6.07) is 16.4. The van der Waals surface area contributed by atoms with Crippen molar-refractivity contribution in [1.29, 1.82) is 0 Å². The summed E-state index contributed by atoms with van der Waals surface area (Å²) >= 11 is 6.12. The number of carbonyl (C=O) groups is 1. The third kappa shape index (κ3) is 3.71. The molecule has 0 spiro atoms. The standard InChI is InChI=1S/C21H24ClN3O/c22-18-7-4-8-19(15-18)24-13-11-23(12-14-24)16-25-20-9-2-1-5-17(20)6-3-10-21(25)26/h1-2,4-5,7-9,15H,3,6,10-14,16H2. The van der Waals surface area contributed by atoms with Crippen molar-refractivity contribution in [3.63, 3.8) is 0 Å². The Morgan fingerprint density at radius 3 is 2.54 bits per heavy atom. The fourth-order valence-electron chi connectivity index (χ4n) is 3.86. The van der Waals surface area contributed by atoms with Crippen molar-refractivity contribution in [2.24, 2.45) is 0 Å². The van der Waals surface area contributed by atoms with Gasteiger partial charge in [-0.25, -0.2) is 0 Å². The average molecular weight is 370 g/mol. The van der Waals surface area contributed by atoms with Gasteiger partial charge < -0.3 is 4.90 Å². The number of halogens is 1. The molecule has 2 heterocycles. The quantitative estimate of drug-likeness (QED) is 0.823. The minimum Gasteiger partial charge on any atom is -0.369 e. The summed E-state index contributed by atoms with van der Waals surface area (Å²) in [6.07, 6.45) is 2.56. The number of fused-ring (bicyclic) bond motifs is 1. The molecule has 0 N–H and O–H groups in total. The van der Waals surface area contributed by atoms with Gasteiger partial charge in [0.2, 0.25) is 5.91 Å². The Kier molecular flexibility index (Phi) is 5.14. The number of amides is 1. The zero-order valence-electron chi connectivity index (χ0n) is 14.9. The van der Waals surface area contributed by atoms with E-state index in [1.165, 1.54) is 11.3 Å². The van der Waals surface area contributed by atoms with Crippen LogP contribution in [0.1, 0.15) is 18.4 Å². The summed E-state index contributed by atoms with van der Waals surface area (Å²) in [5.74, 6) is 0.243. The summed E-state index contributed by atoms with van der Waals surface area (Å²) in [4.78, 5) is 19.4. The smallest absolute Gasteiger partial charge is 0.228 e. The molecule has 2 aliphatic heterocycles. The molecule has 136 valence electrons. The molecule has 0 aromatic heterocycles. The Morgan fingerprint density at radius 1 is 0.923 bits per heavy atom. The van der Waals surface area contributed by atoms with Crippen molar-refractivity contribution in [2.75, 3.05) is 42.6 Å². The third-order valence-corrected chi connectivity index (χ3v) is 5.54. The van der Waals surface area contributed by atoms with Crippen molar-refractivity contribution in [2.45, 2.75) is 19.3 Å². The van der Waals surface area contributed by atoms with Crippen LogP contribution in [0.15, 0.2) is 48.5 Å². The van der Waals surface area contributed by atoms with E-state index in [2.05, 4.69) is 34.1 Å². The molecule has 0 bridgehead atoms. The number of carbonyl (C=O) groups excluding carboxylic acids is 1. The molecule has 4 rings (SSSR count). The van der Waals surface area contributed by atoms with E-state index in [0.717, 1.165) is 49.7 Å². The first-order valence-corrected chi connectivity index (χ1v) is 9.70. The lowest BCUT2D eigenvalue weighted by molar-refractivity contribution is -0.119. The van der Waals surface area contributed by atoms with Crippen molar-refractivity contribution >= 4 is 28.9 Å². The highest BCUT2D eigenvalue weighted by Crippen LogP contribution is 2.27. The summed E-state index contributed by atoms with van der Waals surface area (Å²) in [7, 11) is 0. The maximum absolute atomic E-state index is 12.6. The van der Waals surface area contributed by atoms with E-state index in [4.69, 9.17) is 11.6 Å². The molecule has 2 aromatic rings. The van der Waals surface area contributed by atoms with Gasteiger partial charge in [0, 0.05) is 49.0 Å². The summed E-state index contributed by atoms with van der Waals surface area (Å²) in [5, 5.41) is 0.775. The Morgan fingerprint density at radius 2 is 1.73 bits per heavy atom. The van der Waals surface area contributed by atoms with Gasteiger partial charge in [-0.2, -0.15) is 0 Å². The Balaban J connectivity index is 1.43. The fraction of sp³-hybridized carbons (Fsp3) is 0.381. The van der Waals surface area contributed by atoms with Crippen LogP contribution in [-0.4, -0.2) is 43.7 Å². The van der Waals surface area contributed by atoms with Crippen molar-refractivity contribution < 1.29 is 4.79 Å². The largest absolute Gasteiger partial charge is 0.369 e. The summed E-state index contributed by atoms with van der Waals surface area (Å²) in [5.41, 5.74) is 3.55. The molecule has 4 nitrogen and oxygen atoms in total. The van der Waals surface area contributed by atoms with E-state index in [9.17, 15) is 4.79 Å². The molecule has 1 amide bonds. The van der Waals surface area contributed by atoms with Gasteiger partial charge in [0.05, 0.1) is 6.67 Å². The van der Waals surface area contributed by atoms with Crippen LogP contribution in [-0.2, 0) is 11.2 Å². The second kappa shape index (κ2) is 7.68. The molecule has 1 fully saturated rings. The highest BCUT2D eigenvalue weighted by molar-refractivity contribution is 6.30. The van der Waals surface area contributed by atoms with Gasteiger partial charge in [0.25, 0.3) is 0 Å². The second-order valence-electron chi connectivity index (χ2n) is 7.03. The topological polar surface area (TPSA) is 26.8 Å². The van der Waals surface area contributed by atoms with Crippen LogP contribution >= 0.6 is 11.6 Å². The van der Waals surface area contributed by atoms with Gasteiger partial charge in [0.1, 0.15) is 0 Å². The Hall–Kier alpha value is -2.04. The van der Waals surface area contributed by atoms with E-state index in [0.29, 0.717) is 13.1 Å². The van der Waals surface area contributed by atoms with E-state index in [1.54, 1.807) is 0 Å². The van der Waals surface area contributed by atoms with Gasteiger partial charge in [-0.1, -0.05) is 35.9 Å². The number of hydrogen-bond donors (Lipinski definition) is 0. The number of rotatable bonds is 3. The zero-order chi connectivity index (χ0) is 17.9. The number of nitrogens with zero attached hydrogens (tertiary/aromatic N) is 3. The first-order chi connectivity index (χ1) is 12.7. The molecule has 2 aromatic carbocycles. The molecular weight excluding hydrogens is 346 g/mol. The molecule has 0 unspecified atom stereocenters. The van der Waals surface area contributed by atoms with Crippen LogP contribution < -0.4 is 9.80 Å². The highest BCUT2D eigenvalue weighted by Gasteiger charge is 2.25. The molecular formula is C21H24ClN3O. The minimum absolute atomic E-state index is 0.243. The van der Waals surface area contributed by atoms with Crippen LogP contribution in [0.4, 0.5) is 11.4 Å². The molecule has 0 aliphatic carbocycles. The van der Waals surface area contributed by atoms with Gasteiger partial charge in [-0.05, 0) is 42.7 Å². The lowest BCUT2D eigenvalue weighted by Crippen LogP contribution is -2.51. The number of hydrogen-bond acceptors (Lipinski definition) is 3. The molecule has 0 radical (unpaired) electrons. The maximum Gasteiger partial charge on any atom is 0.228 e. The predicted octanol–water partition coefficient (Wildman–Crippen LogP) is 3.79. The van der Waals surface area contributed by atoms with Crippen LogP contribution in [0.5, 0.6) is 0 Å². The SMILES string of the molecule is O=C1CCCc2ccccc2N1CN1CCN(c2cccc(Cl)c2)CC1. The highest BCUT2D eigenvalue weighted by atomic mass is 35.5. The molecule has 0 saturated carbocycles. The van der Waals surface area contributed by atoms with Crippen LogP contribution in [0, 0.1) is 0 Å². The zero-order valence-corrected chi connectivity index (χ0v) is 15.7. The van der Waals surface area contributed by atoms with Crippen LogP contribution in [0.3, 0.4) is 0 Å². The molecule has 26 heavy (non-hydrogen) atoms.